The first-order chi connectivity index (χ1) is 13.4. The van der Waals surface area contributed by atoms with Gasteiger partial charge in [-0.05, 0) is 55.5 Å². The lowest BCUT2D eigenvalue weighted by molar-refractivity contribution is 0.102. The van der Waals surface area contributed by atoms with Gasteiger partial charge in [0.1, 0.15) is 5.75 Å². The van der Waals surface area contributed by atoms with E-state index in [1.807, 2.05) is 6.92 Å². The molecule has 0 bridgehead atoms. The van der Waals surface area contributed by atoms with Crippen molar-refractivity contribution in [2.75, 3.05) is 17.1 Å². The maximum atomic E-state index is 12.4. The van der Waals surface area contributed by atoms with Crippen LogP contribution in [0.1, 0.15) is 15.9 Å². The van der Waals surface area contributed by atoms with Crippen LogP contribution in [-0.4, -0.2) is 21.4 Å². The number of methoxy groups -OCH3 is 1. The molecular formula is C21H20N2O4S. The molecule has 7 heteroatoms. The summed E-state index contributed by atoms with van der Waals surface area (Å²) < 4.78 is 32.5. The van der Waals surface area contributed by atoms with Crippen molar-refractivity contribution in [3.8, 4) is 5.75 Å². The van der Waals surface area contributed by atoms with Crippen LogP contribution in [0, 0.1) is 6.92 Å². The Hall–Kier alpha value is -3.32. The third kappa shape index (κ3) is 4.69. The molecule has 3 aromatic carbocycles. The largest absolute Gasteiger partial charge is 0.497 e. The van der Waals surface area contributed by atoms with Crippen LogP contribution >= 0.6 is 0 Å². The molecule has 3 aromatic rings. The van der Waals surface area contributed by atoms with Crippen LogP contribution in [0.15, 0.2) is 77.7 Å². The standard InChI is InChI=1S/C21H20N2O4S/c1-15-6-12-20(13-7-15)28(25,26)23-17-10-8-16(9-11-17)21(24)22-18-4-3-5-19(14-18)27-2/h3-14,23H,1-2H3,(H,22,24). The summed E-state index contributed by atoms with van der Waals surface area (Å²) in [4.78, 5) is 12.6. The minimum absolute atomic E-state index is 0.179. The van der Waals surface area contributed by atoms with E-state index in [2.05, 4.69) is 10.0 Å². The van der Waals surface area contributed by atoms with Crippen LogP contribution in [0.3, 0.4) is 0 Å². The summed E-state index contributed by atoms with van der Waals surface area (Å²) in [6.07, 6.45) is 0. The van der Waals surface area contributed by atoms with Crippen LogP contribution in [0.25, 0.3) is 0 Å². The van der Waals surface area contributed by atoms with E-state index in [0.717, 1.165) is 5.56 Å². The van der Waals surface area contributed by atoms with Crippen LogP contribution in [-0.2, 0) is 10.0 Å². The minimum atomic E-state index is -3.68. The highest BCUT2D eigenvalue weighted by molar-refractivity contribution is 7.92. The zero-order chi connectivity index (χ0) is 20.1. The van der Waals surface area contributed by atoms with Crippen molar-refractivity contribution in [1.82, 2.24) is 0 Å². The first-order valence-electron chi connectivity index (χ1n) is 8.52. The van der Waals surface area contributed by atoms with Gasteiger partial charge in [-0.2, -0.15) is 0 Å². The molecule has 0 spiro atoms. The first kappa shape index (κ1) is 19.4. The van der Waals surface area contributed by atoms with Crippen molar-refractivity contribution in [1.29, 1.82) is 0 Å². The zero-order valence-corrected chi connectivity index (χ0v) is 16.3. The van der Waals surface area contributed by atoms with E-state index >= 15 is 0 Å². The molecule has 6 nitrogen and oxygen atoms in total. The number of sulfonamides is 1. The van der Waals surface area contributed by atoms with E-state index in [1.165, 1.54) is 0 Å². The summed E-state index contributed by atoms with van der Waals surface area (Å²) in [5.41, 5.74) is 2.36. The van der Waals surface area contributed by atoms with Crippen LogP contribution < -0.4 is 14.8 Å². The Morgan fingerprint density at radius 2 is 1.57 bits per heavy atom. The Kier molecular flexibility index (Phi) is 5.65. The number of carbonyl (C=O) groups excluding carboxylic acids is 1. The van der Waals surface area contributed by atoms with Crippen LogP contribution in [0.5, 0.6) is 5.75 Å². The Bertz CT molecular complexity index is 1080. The fourth-order valence-corrected chi connectivity index (χ4v) is 3.58. The topological polar surface area (TPSA) is 84.5 Å². The summed E-state index contributed by atoms with van der Waals surface area (Å²) in [5, 5.41) is 2.77. The lowest BCUT2D eigenvalue weighted by Crippen LogP contribution is -2.14. The van der Waals surface area contributed by atoms with Crippen molar-refractivity contribution in [2.24, 2.45) is 0 Å². The third-order valence-electron chi connectivity index (χ3n) is 4.06. The van der Waals surface area contributed by atoms with Gasteiger partial charge in [-0.15, -0.1) is 0 Å². The number of carbonyl (C=O) groups is 1. The Morgan fingerprint density at radius 3 is 2.21 bits per heavy atom. The summed E-state index contributed by atoms with van der Waals surface area (Å²) in [7, 11) is -2.13. The van der Waals surface area contributed by atoms with Gasteiger partial charge in [0, 0.05) is 23.0 Å². The summed E-state index contributed by atoms with van der Waals surface area (Å²) in [5.74, 6) is 0.333. The van der Waals surface area contributed by atoms with Gasteiger partial charge in [-0.25, -0.2) is 8.42 Å². The molecule has 0 aliphatic rings. The average Bonchev–Trinajstić information content (AvgIpc) is 2.68. The molecule has 0 radical (unpaired) electrons. The number of anilines is 2. The van der Waals surface area contributed by atoms with E-state index in [9.17, 15) is 13.2 Å². The second-order valence-electron chi connectivity index (χ2n) is 6.18. The maximum absolute atomic E-state index is 12.4. The van der Waals surface area contributed by atoms with Gasteiger partial charge >= 0.3 is 0 Å². The predicted molar refractivity (Wildman–Crippen MR) is 109 cm³/mol. The third-order valence-corrected chi connectivity index (χ3v) is 5.46. The fourth-order valence-electron chi connectivity index (χ4n) is 2.53. The number of aryl methyl sites for hydroxylation is 1. The van der Waals surface area contributed by atoms with Gasteiger partial charge in [0.2, 0.25) is 0 Å². The number of rotatable bonds is 6. The number of hydrogen-bond acceptors (Lipinski definition) is 4. The number of nitrogens with one attached hydrogen (secondary N) is 2. The normalized spacial score (nSPS) is 10.9. The van der Waals surface area contributed by atoms with Crippen molar-refractivity contribution in [3.05, 3.63) is 83.9 Å². The van der Waals surface area contributed by atoms with Crippen LogP contribution in [0.2, 0.25) is 0 Å². The Labute approximate surface area is 164 Å². The lowest BCUT2D eigenvalue weighted by atomic mass is 10.2. The molecule has 0 atom stereocenters. The van der Waals surface area contributed by atoms with Crippen LogP contribution in [0.4, 0.5) is 11.4 Å². The van der Waals surface area contributed by atoms with Gasteiger partial charge in [0.15, 0.2) is 0 Å². The van der Waals surface area contributed by atoms with E-state index < -0.39 is 10.0 Å². The molecule has 0 aliphatic heterocycles. The van der Waals surface area contributed by atoms with Crippen molar-refractivity contribution >= 4 is 27.3 Å². The molecule has 0 saturated carbocycles. The summed E-state index contributed by atoms with van der Waals surface area (Å²) in [6, 6.07) is 19.8. The molecule has 2 N–H and O–H groups in total. The van der Waals surface area contributed by atoms with Gasteiger partial charge in [-0.3, -0.25) is 9.52 Å². The highest BCUT2D eigenvalue weighted by atomic mass is 32.2. The number of benzene rings is 3. The molecule has 0 fully saturated rings. The molecule has 0 aromatic heterocycles. The number of hydrogen-bond donors (Lipinski definition) is 2. The molecule has 0 heterocycles. The SMILES string of the molecule is COc1cccc(NC(=O)c2ccc(NS(=O)(=O)c3ccc(C)cc3)cc2)c1. The van der Waals surface area contributed by atoms with Gasteiger partial charge in [-0.1, -0.05) is 23.8 Å². The smallest absolute Gasteiger partial charge is 0.261 e. The second kappa shape index (κ2) is 8.14. The van der Waals surface area contributed by atoms with E-state index in [0.29, 0.717) is 22.7 Å². The first-order valence-corrected chi connectivity index (χ1v) is 10.0. The summed E-state index contributed by atoms with van der Waals surface area (Å²) in [6.45, 7) is 1.89. The van der Waals surface area contributed by atoms with E-state index in [-0.39, 0.29) is 10.8 Å². The molecule has 0 saturated heterocycles. The molecular weight excluding hydrogens is 376 g/mol. The van der Waals surface area contributed by atoms with Crippen molar-refractivity contribution in [3.63, 3.8) is 0 Å². The average molecular weight is 396 g/mol. The lowest BCUT2D eigenvalue weighted by Gasteiger charge is -2.10. The van der Waals surface area contributed by atoms with Crippen molar-refractivity contribution < 1.29 is 17.9 Å². The zero-order valence-electron chi connectivity index (χ0n) is 15.5. The molecule has 144 valence electrons. The molecule has 1 amide bonds. The second-order valence-corrected chi connectivity index (χ2v) is 7.86. The van der Waals surface area contributed by atoms with E-state index in [4.69, 9.17) is 4.74 Å². The fraction of sp³-hybridized carbons (Fsp3) is 0.0952. The highest BCUT2D eigenvalue weighted by Crippen LogP contribution is 2.20. The van der Waals surface area contributed by atoms with Crippen molar-refractivity contribution in [2.45, 2.75) is 11.8 Å². The molecule has 0 unspecified atom stereocenters. The van der Waals surface area contributed by atoms with E-state index in [1.54, 1.807) is 79.9 Å². The highest BCUT2D eigenvalue weighted by Gasteiger charge is 2.14. The summed E-state index contributed by atoms with van der Waals surface area (Å²) >= 11 is 0. The predicted octanol–water partition coefficient (Wildman–Crippen LogP) is 4.06. The minimum Gasteiger partial charge on any atom is -0.497 e. The number of amides is 1. The Morgan fingerprint density at radius 1 is 0.893 bits per heavy atom. The quantitative estimate of drug-likeness (QED) is 0.658. The molecule has 0 aliphatic carbocycles. The Balaban J connectivity index is 1.70. The monoisotopic (exact) mass is 396 g/mol. The maximum Gasteiger partial charge on any atom is 0.261 e. The molecule has 28 heavy (non-hydrogen) atoms. The van der Waals surface area contributed by atoms with Gasteiger partial charge < -0.3 is 10.1 Å². The van der Waals surface area contributed by atoms with Gasteiger partial charge in [0.25, 0.3) is 15.9 Å². The van der Waals surface area contributed by atoms with Gasteiger partial charge in [0.05, 0.1) is 12.0 Å². The number of ether oxygens (including phenoxy) is 1. The molecule has 3 rings (SSSR count).